The molecule has 2 aliphatic carbocycles. The Hall–Kier alpha value is -3.20. The van der Waals surface area contributed by atoms with Crippen molar-refractivity contribution in [3.05, 3.63) is 51.4 Å². The third-order valence-corrected chi connectivity index (χ3v) is 8.30. The molecular formula is C25H27N3O5S. The SMILES string of the molecule is COC(=O)c1c(NC(=O)CN2C(=O)NC3(CCc4ccccc4C3)C2=O)sc2c1CCC(C)C2. The Bertz CT molecular complexity index is 1210. The molecule has 8 nitrogen and oxygen atoms in total. The monoisotopic (exact) mass is 481 g/mol. The summed E-state index contributed by atoms with van der Waals surface area (Å²) in [5, 5.41) is 6.05. The maximum atomic E-state index is 13.3. The van der Waals surface area contributed by atoms with Gasteiger partial charge in [0.2, 0.25) is 5.91 Å². The molecule has 0 bridgehead atoms. The molecule has 1 aliphatic heterocycles. The van der Waals surface area contributed by atoms with Crippen LogP contribution in [-0.4, -0.2) is 47.9 Å². The first-order chi connectivity index (χ1) is 16.3. The van der Waals surface area contributed by atoms with Gasteiger partial charge < -0.3 is 15.4 Å². The molecule has 1 fully saturated rings. The van der Waals surface area contributed by atoms with Gasteiger partial charge in [0.05, 0.1) is 12.7 Å². The molecule has 2 heterocycles. The molecule has 0 saturated carbocycles. The van der Waals surface area contributed by atoms with E-state index in [9.17, 15) is 19.2 Å². The molecule has 3 aliphatic rings. The number of nitrogens with one attached hydrogen (secondary N) is 2. The highest BCUT2D eigenvalue weighted by molar-refractivity contribution is 7.17. The van der Waals surface area contributed by atoms with Crippen molar-refractivity contribution in [2.45, 2.75) is 51.0 Å². The molecule has 2 N–H and O–H groups in total. The van der Waals surface area contributed by atoms with E-state index in [2.05, 4.69) is 17.6 Å². The van der Waals surface area contributed by atoms with Crippen LogP contribution in [-0.2, 0) is 40.0 Å². The zero-order valence-electron chi connectivity index (χ0n) is 19.2. The van der Waals surface area contributed by atoms with E-state index in [-0.39, 0.29) is 5.91 Å². The Kier molecular flexibility index (Phi) is 5.67. The van der Waals surface area contributed by atoms with E-state index >= 15 is 0 Å². The normalized spacial score (nSPS) is 23.4. The number of carbonyl (C=O) groups is 4. The van der Waals surface area contributed by atoms with Crippen LogP contribution in [0.5, 0.6) is 0 Å². The van der Waals surface area contributed by atoms with Gasteiger partial charge in [-0.15, -0.1) is 11.3 Å². The largest absolute Gasteiger partial charge is 0.465 e. The number of benzene rings is 1. The quantitative estimate of drug-likeness (QED) is 0.516. The molecule has 4 amide bonds. The first-order valence-electron chi connectivity index (χ1n) is 11.5. The fourth-order valence-corrected chi connectivity index (χ4v) is 6.73. The Morgan fingerprint density at radius 1 is 1.24 bits per heavy atom. The van der Waals surface area contributed by atoms with Crippen LogP contribution in [0.2, 0.25) is 0 Å². The number of hydrogen-bond acceptors (Lipinski definition) is 6. The number of methoxy groups -OCH3 is 1. The van der Waals surface area contributed by atoms with E-state index in [0.717, 1.165) is 40.2 Å². The van der Waals surface area contributed by atoms with Gasteiger partial charge >= 0.3 is 12.0 Å². The lowest BCUT2D eigenvalue weighted by Crippen LogP contribution is -2.51. The highest BCUT2D eigenvalue weighted by atomic mass is 32.1. The summed E-state index contributed by atoms with van der Waals surface area (Å²) in [5.41, 5.74) is 2.52. The number of amides is 4. The lowest BCUT2D eigenvalue weighted by Gasteiger charge is -2.32. The van der Waals surface area contributed by atoms with Crippen LogP contribution >= 0.6 is 11.3 Å². The van der Waals surface area contributed by atoms with Crippen molar-refractivity contribution in [3.63, 3.8) is 0 Å². The van der Waals surface area contributed by atoms with Crippen LogP contribution in [0, 0.1) is 5.92 Å². The molecule has 2 atom stereocenters. The number of nitrogens with zero attached hydrogens (tertiary/aromatic N) is 1. The van der Waals surface area contributed by atoms with Gasteiger partial charge in [0, 0.05) is 11.3 Å². The van der Waals surface area contributed by atoms with E-state index in [1.54, 1.807) is 0 Å². The average molecular weight is 482 g/mol. The fraction of sp³-hybridized carbons (Fsp3) is 0.440. The Labute approximate surface area is 201 Å². The Morgan fingerprint density at radius 3 is 2.76 bits per heavy atom. The minimum Gasteiger partial charge on any atom is -0.465 e. The van der Waals surface area contributed by atoms with Crippen molar-refractivity contribution >= 4 is 40.2 Å². The van der Waals surface area contributed by atoms with Crippen LogP contribution in [0.25, 0.3) is 0 Å². The average Bonchev–Trinajstić information content (AvgIpc) is 3.27. The number of aryl methyl sites for hydroxylation is 1. The summed E-state index contributed by atoms with van der Waals surface area (Å²) < 4.78 is 4.97. The summed E-state index contributed by atoms with van der Waals surface area (Å²) in [4.78, 5) is 53.5. The van der Waals surface area contributed by atoms with E-state index in [4.69, 9.17) is 4.74 Å². The highest BCUT2D eigenvalue weighted by Gasteiger charge is 2.52. The van der Waals surface area contributed by atoms with Gasteiger partial charge in [0.15, 0.2) is 0 Å². The molecule has 9 heteroatoms. The second-order valence-corrected chi connectivity index (χ2v) is 10.5. The zero-order chi connectivity index (χ0) is 24.0. The molecule has 34 heavy (non-hydrogen) atoms. The third-order valence-electron chi connectivity index (χ3n) is 7.13. The van der Waals surface area contributed by atoms with Gasteiger partial charge in [-0.2, -0.15) is 0 Å². The minimum atomic E-state index is -1.01. The first kappa shape index (κ1) is 22.6. The molecule has 1 saturated heterocycles. The van der Waals surface area contributed by atoms with Crippen molar-refractivity contribution in [2.24, 2.45) is 5.92 Å². The third kappa shape index (κ3) is 3.77. The van der Waals surface area contributed by atoms with E-state index in [1.165, 1.54) is 24.0 Å². The fourth-order valence-electron chi connectivity index (χ4n) is 5.31. The number of anilines is 1. The minimum absolute atomic E-state index is 0.380. The van der Waals surface area contributed by atoms with Gasteiger partial charge in [0.25, 0.3) is 5.91 Å². The number of hydrogen-bond donors (Lipinski definition) is 2. The summed E-state index contributed by atoms with van der Waals surface area (Å²) in [7, 11) is 1.32. The molecule has 1 aromatic carbocycles. The summed E-state index contributed by atoms with van der Waals surface area (Å²) in [5.74, 6) is -0.886. The lowest BCUT2D eigenvalue weighted by atomic mass is 9.78. The summed E-state index contributed by atoms with van der Waals surface area (Å²) in [6, 6.07) is 7.33. The van der Waals surface area contributed by atoms with Crippen LogP contribution in [0.15, 0.2) is 24.3 Å². The zero-order valence-corrected chi connectivity index (χ0v) is 20.0. The molecule has 2 unspecified atom stereocenters. The number of urea groups is 1. The van der Waals surface area contributed by atoms with Crippen LogP contribution < -0.4 is 10.6 Å². The van der Waals surface area contributed by atoms with Crippen molar-refractivity contribution in [1.29, 1.82) is 0 Å². The summed E-state index contributed by atoms with van der Waals surface area (Å²) >= 11 is 1.37. The van der Waals surface area contributed by atoms with Crippen molar-refractivity contribution in [2.75, 3.05) is 19.0 Å². The number of esters is 1. The van der Waals surface area contributed by atoms with E-state index < -0.39 is 30.0 Å². The van der Waals surface area contributed by atoms with Gasteiger partial charge in [-0.3, -0.25) is 14.5 Å². The molecule has 178 valence electrons. The molecule has 1 spiro atoms. The van der Waals surface area contributed by atoms with Gasteiger partial charge in [-0.25, -0.2) is 9.59 Å². The maximum absolute atomic E-state index is 13.3. The lowest BCUT2D eigenvalue weighted by molar-refractivity contribution is -0.134. The smallest absolute Gasteiger partial charge is 0.341 e. The number of rotatable bonds is 4. The van der Waals surface area contributed by atoms with Gasteiger partial charge in [-0.1, -0.05) is 31.2 Å². The van der Waals surface area contributed by atoms with Crippen LogP contribution in [0.4, 0.5) is 9.80 Å². The molecule has 5 rings (SSSR count). The summed E-state index contributed by atoms with van der Waals surface area (Å²) in [6.45, 7) is 1.75. The molecular weight excluding hydrogens is 454 g/mol. The first-order valence-corrected chi connectivity index (χ1v) is 12.4. The number of fused-ring (bicyclic) bond motifs is 2. The predicted molar refractivity (Wildman–Crippen MR) is 127 cm³/mol. The standard InChI is InChI=1S/C25H27N3O5S/c1-14-7-8-17-18(11-14)34-21(20(17)22(30)33-2)26-19(29)13-28-23(31)25(27-24(28)32)10-9-15-5-3-4-6-16(15)12-25/h3-6,14H,7-13H2,1-2H3,(H,26,29)(H,27,32). The summed E-state index contributed by atoms with van der Waals surface area (Å²) in [6.07, 6.45) is 4.16. The molecule has 2 aromatic rings. The van der Waals surface area contributed by atoms with E-state index in [0.29, 0.717) is 35.7 Å². The van der Waals surface area contributed by atoms with Crippen LogP contribution in [0.3, 0.4) is 0 Å². The van der Waals surface area contributed by atoms with Crippen molar-refractivity contribution < 1.29 is 23.9 Å². The van der Waals surface area contributed by atoms with Crippen molar-refractivity contribution in [1.82, 2.24) is 10.2 Å². The predicted octanol–water partition coefficient (Wildman–Crippen LogP) is 3.08. The number of ether oxygens (including phenoxy) is 1. The number of carbonyl (C=O) groups excluding carboxylic acids is 4. The molecule has 0 radical (unpaired) electrons. The Morgan fingerprint density at radius 2 is 2.00 bits per heavy atom. The Balaban J connectivity index is 1.33. The van der Waals surface area contributed by atoms with Crippen LogP contribution in [0.1, 0.15) is 51.7 Å². The number of thiophene rings is 1. The second kappa shape index (κ2) is 8.54. The van der Waals surface area contributed by atoms with Gasteiger partial charge in [0.1, 0.15) is 17.1 Å². The maximum Gasteiger partial charge on any atom is 0.341 e. The van der Waals surface area contributed by atoms with Crippen molar-refractivity contribution in [3.8, 4) is 0 Å². The number of imide groups is 1. The second-order valence-electron chi connectivity index (χ2n) is 9.44. The topological polar surface area (TPSA) is 105 Å². The van der Waals surface area contributed by atoms with Gasteiger partial charge in [-0.05, 0) is 54.7 Å². The molecule has 1 aromatic heterocycles. The highest BCUT2D eigenvalue weighted by Crippen LogP contribution is 2.40. The van der Waals surface area contributed by atoms with E-state index in [1.807, 2.05) is 24.3 Å².